The van der Waals surface area contributed by atoms with E-state index in [0.717, 1.165) is 0 Å². The fourth-order valence-electron chi connectivity index (χ4n) is 0. The van der Waals surface area contributed by atoms with Gasteiger partial charge in [0.25, 0.3) is 0 Å². The van der Waals surface area contributed by atoms with Gasteiger partial charge in [0.15, 0.2) is 0 Å². The Labute approximate surface area is 77.1 Å². The quantitative estimate of drug-likeness (QED) is 0.212. The van der Waals surface area contributed by atoms with Crippen LogP contribution in [0.1, 0.15) is 0 Å². The molecule has 0 heterocycles. The van der Waals surface area contributed by atoms with Gasteiger partial charge in [0.2, 0.25) is 0 Å². The molecule has 0 unspecified atom stereocenters. The Balaban J connectivity index is 0. The molecule has 0 saturated carbocycles. The van der Waals surface area contributed by atoms with Crippen molar-refractivity contribution in [2.24, 2.45) is 0 Å². The van der Waals surface area contributed by atoms with Crippen molar-refractivity contribution < 1.29 is 0 Å². The molecule has 0 fully saturated rings. The second kappa shape index (κ2) is 1180. The second-order valence-electron chi connectivity index (χ2n) is 0. The maximum atomic E-state index is 0. The van der Waals surface area contributed by atoms with Gasteiger partial charge in [-0.25, -0.2) is 0 Å². The molecule has 0 bridgehead atoms. The molecule has 9 heteroatoms. The fourth-order valence-corrected chi connectivity index (χ4v) is 0. The number of rotatable bonds is 0. The van der Waals surface area contributed by atoms with Crippen LogP contribution in [0.2, 0.25) is 0 Å². The standard InChI is InChI=1S/2BH4.Mg.6H3N/h2*1H4;;6*1H3/q2*-1;+2;;;;;;. The maximum Gasteiger partial charge on any atom is 2.00 e. The molecule has 18 N–H and O–H groups in total. The van der Waals surface area contributed by atoms with E-state index in [4.69, 9.17) is 0 Å². The third-order valence-electron chi connectivity index (χ3n) is 0. The van der Waals surface area contributed by atoms with E-state index in [2.05, 4.69) is 0 Å². The van der Waals surface area contributed by atoms with E-state index in [1.807, 2.05) is 0 Å². The summed E-state index contributed by atoms with van der Waals surface area (Å²) in [5, 5.41) is 0. The van der Waals surface area contributed by atoms with Gasteiger partial charge in [-0.15, -0.1) is 0 Å². The van der Waals surface area contributed by atoms with E-state index in [1.54, 1.807) is 0 Å². The van der Waals surface area contributed by atoms with Crippen molar-refractivity contribution in [1.82, 2.24) is 36.9 Å². The molecule has 0 spiro atoms. The van der Waals surface area contributed by atoms with E-state index < -0.39 is 0 Å². The van der Waals surface area contributed by atoms with E-state index in [9.17, 15) is 0 Å². The van der Waals surface area contributed by atoms with Gasteiger partial charge in [0, 0.05) is 0 Å². The second-order valence-corrected chi connectivity index (χ2v) is 0. The van der Waals surface area contributed by atoms with Gasteiger partial charge < -0.3 is 36.9 Å². The molecule has 6 nitrogen and oxygen atoms in total. The molecular weight excluding hydrogens is 130 g/mol. The first-order chi connectivity index (χ1) is 0. The molecule has 0 amide bonds. The van der Waals surface area contributed by atoms with Gasteiger partial charge in [-0.2, -0.15) is 0 Å². The SMILES string of the molecule is N.N.N.N.N.N.[BH4-].[BH4-].[Mg+2]. The maximum absolute atomic E-state index is 0. The monoisotopic (exact) mass is 156 g/mol. The van der Waals surface area contributed by atoms with Crippen molar-refractivity contribution in [1.29, 1.82) is 0 Å². The Bertz CT molecular complexity index is 11.0. The number of hydrogen-bond donors (Lipinski definition) is 6. The van der Waals surface area contributed by atoms with Crippen molar-refractivity contribution in [3.05, 3.63) is 0 Å². The summed E-state index contributed by atoms with van der Waals surface area (Å²) in [4.78, 5) is 0. The Morgan fingerprint density at radius 2 is 0.333 bits per heavy atom. The molecule has 0 aliphatic heterocycles. The molecule has 0 aromatic heterocycles. The normalized spacial score (nSPS) is 0. The van der Waals surface area contributed by atoms with Crippen molar-refractivity contribution >= 4 is 39.9 Å². The third kappa shape index (κ3) is 891. The summed E-state index contributed by atoms with van der Waals surface area (Å²) in [6, 6.07) is 0. The van der Waals surface area contributed by atoms with E-state index in [0.29, 0.717) is 0 Å². The van der Waals surface area contributed by atoms with E-state index in [-0.39, 0.29) is 76.8 Å². The molecule has 64 valence electrons. The largest absolute Gasteiger partial charge is 2.00 e. The molecule has 9 heavy (non-hydrogen) atoms. The Morgan fingerprint density at radius 3 is 0.333 bits per heavy atom. The first-order valence-electron chi connectivity index (χ1n) is 0. The van der Waals surface area contributed by atoms with Crippen molar-refractivity contribution in [2.45, 2.75) is 0 Å². The van der Waals surface area contributed by atoms with Gasteiger partial charge in [-0.05, 0) is 0 Å². The van der Waals surface area contributed by atoms with Crippen LogP contribution in [-0.4, -0.2) is 39.9 Å². The summed E-state index contributed by atoms with van der Waals surface area (Å²) in [5.41, 5.74) is 0. The van der Waals surface area contributed by atoms with E-state index >= 15 is 0 Å². The summed E-state index contributed by atoms with van der Waals surface area (Å²) >= 11 is 0. The van der Waals surface area contributed by atoms with Crippen LogP contribution in [-0.2, 0) is 0 Å². The van der Waals surface area contributed by atoms with Crippen LogP contribution >= 0.6 is 0 Å². The summed E-state index contributed by atoms with van der Waals surface area (Å²) in [6.07, 6.45) is 0. The summed E-state index contributed by atoms with van der Waals surface area (Å²) in [7, 11) is 0. The minimum absolute atomic E-state index is 0. The first-order valence-corrected chi connectivity index (χ1v) is 0. The molecule has 0 aromatic carbocycles. The average Bonchev–Trinajstić information content (AvgIpc) is 0. The van der Waals surface area contributed by atoms with Crippen LogP contribution in [0.15, 0.2) is 0 Å². The van der Waals surface area contributed by atoms with Gasteiger partial charge >= 0.3 is 23.1 Å². The fraction of sp³-hybridized carbons (Fsp3) is 0. The molecule has 0 atom stereocenters. The third-order valence-corrected chi connectivity index (χ3v) is 0. The first kappa shape index (κ1) is 1680. The zero-order valence-electron chi connectivity index (χ0n) is 4.95. The van der Waals surface area contributed by atoms with Gasteiger partial charge in [-0.1, -0.05) is 16.8 Å². The summed E-state index contributed by atoms with van der Waals surface area (Å²) < 4.78 is 0. The zero-order chi connectivity index (χ0) is 0. The topological polar surface area (TPSA) is 210 Å². The Morgan fingerprint density at radius 1 is 0.333 bits per heavy atom. The molecule has 0 rings (SSSR count). The molecule has 0 aliphatic carbocycles. The van der Waals surface area contributed by atoms with Gasteiger partial charge in [0.05, 0.1) is 0 Å². The predicted molar refractivity (Wildman–Crippen MR) is 58.6 cm³/mol. The molecule has 0 aromatic rings. The van der Waals surface area contributed by atoms with Crippen molar-refractivity contribution in [3.8, 4) is 0 Å². The van der Waals surface area contributed by atoms with Gasteiger partial charge in [0.1, 0.15) is 0 Å². The smallest absolute Gasteiger partial charge is 0.344 e. The van der Waals surface area contributed by atoms with E-state index in [1.165, 1.54) is 0 Å². The number of hydrogen-bond acceptors (Lipinski definition) is 6. The molecular formula is H26B2MgN6. The molecule has 0 saturated heterocycles. The van der Waals surface area contributed by atoms with Crippen LogP contribution in [0.4, 0.5) is 0 Å². The van der Waals surface area contributed by atoms with Gasteiger partial charge in [-0.3, -0.25) is 0 Å². The zero-order valence-corrected chi connectivity index (χ0v) is 6.36. The summed E-state index contributed by atoms with van der Waals surface area (Å²) in [5.74, 6) is 0. The Kier molecular flexibility index (Phi) is 220000. The molecule has 0 aliphatic rings. The minimum atomic E-state index is 0. The van der Waals surface area contributed by atoms with Crippen molar-refractivity contribution in [3.63, 3.8) is 0 Å². The Hall–Kier alpha value is 0.656. The van der Waals surface area contributed by atoms with Crippen molar-refractivity contribution in [2.75, 3.05) is 0 Å². The van der Waals surface area contributed by atoms with Crippen LogP contribution in [0.25, 0.3) is 0 Å². The minimum Gasteiger partial charge on any atom is -0.344 e. The average molecular weight is 156 g/mol. The van der Waals surface area contributed by atoms with Crippen LogP contribution in [0, 0.1) is 0 Å². The van der Waals surface area contributed by atoms with Crippen LogP contribution in [0.3, 0.4) is 0 Å². The van der Waals surface area contributed by atoms with Crippen LogP contribution < -0.4 is 36.9 Å². The molecule has 0 radical (unpaired) electrons. The summed E-state index contributed by atoms with van der Waals surface area (Å²) in [6.45, 7) is 0. The van der Waals surface area contributed by atoms with Crippen LogP contribution in [0.5, 0.6) is 0 Å². The predicted octanol–water partition coefficient (Wildman–Crippen LogP) is -2.31.